The van der Waals surface area contributed by atoms with E-state index in [2.05, 4.69) is 5.32 Å². The Bertz CT molecular complexity index is 499. The Hall–Kier alpha value is -2.04. The summed E-state index contributed by atoms with van der Waals surface area (Å²) in [5.74, 6) is -1.07. The highest BCUT2D eigenvalue weighted by Crippen LogP contribution is 2.25. The molecule has 96 valence electrons. The molecule has 1 saturated heterocycles. The average Bonchev–Trinajstić information content (AvgIpc) is 2.32. The number of hydrogen-bond donors (Lipinski definition) is 2. The van der Waals surface area contributed by atoms with E-state index in [-0.39, 0.29) is 19.0 Å². The highest BCUT2D eigenvalue weighted by atomic mass is 16.4. The van der Waals surface area contributed by atoms with Gasteiger partial charge in [0.15, 0.2) is 0 Å². The Morgan fingerprint density at radius 3 is 2.83 bits per heavy atom. The van der Waals surface area contributed by atoms with Crippen molar-refractivity contribution in [1.29, 1.82) is 0 Å². The van der Waals surface area contributed by atoms with Crippen LogP contribution in [0.4, 0.5) is 5.69 Å². The van der Waals surface area contributed by atoms with Crippen molar-refractivity contribution < 1.29 is 14.7 Å². The smallest absolute Gasteiger partial charge is 0.328 e. The van der Waals surface area contributed by atoms with Gasteiger partial charge in [0.2, 0.25) is 5.91 Å². The van der Waals surface area contributed by atoms with Gasteiger partial charge < -0.3 is 15.3 Å². The number of aliphatic carboxylic acids is 1. The number of aryl methyl sites for hydroxylation is 1. The van der Waals surface area contributed by atoms with Gasteiger partial charge in [-0.05, 0) is 31.0 Å². The molecule has 18 heavy (non-hydrogen) atoms. The van der Waals surface area contributed by atoms with Crippen molar-refractivity contribution in [2.24, 2.45) is 0 Å². The minimum Gasteiger partial charge on any atom is -0.480 e. The first-order valence-electron chi connectivity index (χ1n) is 5.83. The van der Waals surface area contributed by atoms with Gasteiger partial charge in [0.1, 0.15) is 6.04 Å². The van der Waals surface area contributed by atoms with E-state index < -0.39 is 12.0 Å². The van der Waals surface area contributed by atoms with Crippen molar-refractivity contribution in [3.63, 3.8) is 0 Å². The van der Waals surface area contributed by atoms with Gasteiger partial charge in [-0.3, -0.25) is 4.79 Å². The van der Waals surface area contributed by atoms with E-state index in [9.17, 15) is 14.7 Å². The van der Waals surface area contributed by atoms with Crippen LogP contribution in [0.1, 0.15) is 11.1 Å². The lowest BCUT2D eigenvalue weighted by Gasteiger charge is -2.35. The third kappa shape index (κ3) is 2.16. The molecule has 1 unspecified atom stereocenters. The Morgan fingerprint density at radius 2 is 2.17 bits per heavy atom. The number of carboxylic acid groups (broad SMARTS) is 1. The first-order valence-corrected chi connectivity index (χ1v) is 5.83. The van der Waals surface area contributed by atoms with Crippen molar-refractivity contribution in [1.82, 2.24) is 5.32 Å². The molecule has 0 spiro atoms. The Labute approximate surface area is 105 Å². The first-order chi connectivity index (χ1) is 8.50. The molecule has 1 amide bonds. The molecule has 1 aliphatic heterocycles. The molecule has 0 radical (unpaired) electrons. The summed E-state index contributed by atoms with van der Waals surface area (Å²) in [7, 11) is 0. The van der Waals surface area contributed by atoms with Gasteiger partial charge in [-0.15, -0.1) is 0 Å². The van der Waals surface area contributed by atoms with Crippen LogP contribution in [0.25, 0.3) is 0 Å². The van der Waals surface area contributed by atoms with E-state index in [1.54, 1.807) is 4.90 Å². The summed E-state index contributed by atoms with van der Waals surface area (Å²) in [5, 5.41) is 11.8. The normalized spacial score (nSPS) is 19.6. The number of amides is 1. The SMILES string of the molecule is Cc1cccc(N2CC(=O)NCC2C(=O)O)c1C. The number of piperazine rings is 1. The zero-order valence-electron chi connectivity index (χ0n) is 10.4. The van der Waals surface area contributed by atoms with Crippen molar-refractivity contribution in [3.8, 4) is 0 Å². The Kier molecular flexibility index (Phi) is 3.23. The van der Waals surface area contributed by atoms with Gasteiger partial charge in [-0.25, -0.2) is 4.79 Å². The monoisotopic (exact) mass is 248 g/mol. The summed E-state index contributed by atoms with van der Waals surface area (Å²) in [4.78, 5) is 24.4. The largest absolute Gasteiger partial charge is 0.480 e. The molecule has 0 saturated carbocycles. The quantitative estimate of drug-likeness (QED) is 0.808. The van der Waals surface area contributed by atoms with Gasteiger partial charge in [-0.2, -0.15) is 0 Å². The number of benzene rings is 1. The predicted molar refractivity (Wildman–Crippen MR) is 67.7 cm³/mol. The molecule has 0 bridgehead atoms. The lowest BCUT2D eigenvalue weighted by molar-refractivity contribution is -0.139. The molecule has 5 nitrogen and oxygen atoms in total. The third-order valence-corrected chi connectivity index (χ3v) is 3.35. The summed E-state index contributed by atoms with van der Waals surface area (Å²) >= 11 is 0. The van der Waals surface area contributed by atoms with Crippen LogP contribution < -0.4 is 10.2 Å². The van der Waals surface area contributed by atoms with E-state index >= 15 is 0 Å². The molecule has 2 N–H and O–H groups in total. The van der Waals surface area contributed by atoms with E-state index in [4.69, 9.17) is 0 Å². The molecule has 1 heterocycles. The maximum atomic E-state index is 11.5. The van der Waals surface area contributed by atoms with Crippen LogP contribution in [0.2, 0.25) is 0 Å². The fraction of sp³-hybridized carbons (Fsp3) is 0.385. The standard InChI is InChI=1S/C13H16N2O3/c1-8-4-3-5-10(9(8)2)15-7-12(16)14-6-11(15)13(17)18/h3-5,11H,6-7H2,1-2H3,(H,14,16)(H,17,18). The average molecular weight is 248 g/mol. The van der Waals surface area contributed by atoms with Crippen LogP contribution in [0, 0.1) is 13.8 Å². The maximum Gasteiger partial charge on any atom is 0.328 e. The molecule has 2 rings (SSSR count). The van der Waals surface area contributed by atoms with E-state index in [0.717, 1.165) is 16.8 Å². The molecular weight excluding hydrogens is 232 g/mol. The van der Waals surface area contributed by atoms with E-state index in [0.29, 0.717) is 0 Å². The van der Waals surface area contributed by atoms with Crippen LogP contribution in [0.5, 0.6) is 0 Å². The second-order valence-corrected chi connectivity index (χ2v) is 4.51. The number of anilines is 1. The minimum absolute atomic E-state index is 0.0846. The van der Waals surface area contributed by atoms with Gasteiger partial charge in [0.25, 0.3) is 0 Å². The number of carboxylic acids is 1. The molecule has 1 fully saturated rings. The van der Waals surface area contributed by atoms with Crippen LogP contribution in [-0.2, 0) is 9.59 Å². The number of rotatable bonds is 2. The molecule has 5 heteroatoms. The minimum atomic E-state index is -0.920. The number of nitrogens with one attached hydrogen (secondary N) is 1. The Balaban J connectivity index is 2.41. The molecule has 0 aromatic heterocycles. The number of carbonyl (C=O) groups is 2. The molecular formula is C13H16N2O3. The zero-order valence-corrected chi connectivity index (χ0v) is 10.4. The van der Waals surface area contributed by atoms with Gasteiger partial charge in [0, 0.05) is 12.2 Å². The maximum absolute atomic E-state index is 11.5. The van der Waals surface area contributed by atoms with Crippen LogP contribution in [0.15, 0.2) is 18.2 Å². The van der Waals surface area contributed by atoms with Crippen LogP contribution in [-0.4, -0.2) is 36.1 Å². The van der Waals surface area contributed by atoms with Crippen molar-refractivity contribution in [2.75, 3.05) is 18.0 Å². The summed E-state index contributed by atoms with van der Waals surface area (Å²) < 4.78 is 0. The lowest BCUT2D eigenvalue weighted by Crippen LogP contribution is -2.57. The van der Waals surface area contributed by atoms with Gasteiger partial charge >= 0.3 is 5.97 Å². The highest BCUT2D eigenvalue weighted by Gasteiger charge is 2.32. The summed E-state index contributed by atoms with van der Waals surface area (Å²) in [6.45, 7) is 4.14. The molecule has 1 aromatic rings. The summed E-state index contributed by atoms with van der Waals surface area (Å²) in [5.41, 5.74) is 2.92. The fourth-order valence-electron chi connectivity index (χ4n) is 2.16. The number of carbonyl (C=O) groups excluding carboxylic acids is 1. The van der Waals surface area contributed by atoms with Gasteiger partial charge in [0.05, 0.1) is 6.54 Å². The van der Waals surface area contributed by atoms with Crippen molar-refractivity contribution >= 4 is 17.6 Å². The van der Waals surface area contributed by atoms with E-state index in [1.165, 1.54) is 0 Å². The van der Waals surface area contributed by atoms with Crippen LogP contribution in [0.3, 0.4) is 0 Å². The Morgan fingerprint density at radius 1 is 1.44 bits per heavy atom. The zero-order chi connectivity index (χ0) is 13.3. The third-order valence-electron chi connectivity index (χ3n) is 3.35. The molecule has 1 aliphatic rings. The summed E-state index contributed by atoms with van der Waals surface area (Å²) in [6.07, 6.45) is 0. The second kappa shape index (κ2) is 4.68. The second-order valence-electron chi connectivity index (χ2n) is 4.51. The predicted octanol–water partition coefficient (Wildman–Crippen LogP) is 0.693. The van der Waals surface area contributed by atoms with Crippen molar-refractivity contribution in [3.05, 3.63) is 29.3 Å². The van der Waals surface area contributed by atoms with Gasteiger partial charge in [-0.1, -0.05) is 12.1 Å². The van der Waals surface area contributed by atoms with Crippen molar-refractivity contribution in [2.45, 2.75) is 19.9 Å². The fourth-order valence-corrected chi connectivity index (χ4v) is 2.16. The topological polar surface area (TPSA) is 69.6 Å². The van der Waals surface area contributed by atoms with E-state index in [1.807, 2.05) is 32.0 Å². The number of nitrogens with zero attached hydrogens (tertiary/aromatic N) is 1. The first kappa shape index (κ1) is 12.4. The molecule has 0 aliphatic carbocycles. The van der Waals surface area contributed by atoms with Crippen LogP contribution >= 0.6 is 0 Å². The summed E-state index contributed by atoms with van der Waals surface area (Å²) in [6, 6.07) is 5.00. The molecule has 1 aromatic carbocycles. The molecule has 1 atom stereocenters. The highest BCUT2D eigenvalue weighted by molar-refractivity contribution is 5.89. The lowest BCUT2D eigenvalue weighted by atomic mass is 10.0. The number of hydrogen-bond acceptors (Lipinski definition) is 3.